The van der Waals surface area contributed by atoms with Gasteiger partial charge in [-0.1, -0.05) is 0 Å². The van der Waals surface area contributed by atoms with E-state index in [1.54, 1.807) is 0 Å². The molecule has 9 heteroatoms. The largest absolute Gasteiger partial charge is 0.402 e. The van der Waals surface area contributed by atoms with E-state index in [2.05, 4.69) is 4.74 Å². The van der Waals surface area contributed by atoms with Crippen LogP contribution >= 0.6 is 0 Å². The lowest BCUT2D eigenvalue weighted by Gasteiger charge is -2.16. The molecular formula is C6H4F8O. The van der Waals surface area contributed by atoms with E-state index in [9.17, 15) is 35.1 Å². The molecule has 0 aromatic carbocycles. The van der Waals surface area contributed by atoms with Gasteiger partial charge in [0.15, 0.2) is 0 Å². The van der Waals surface area contributed by atoms with E-state index in [-0.39, 0.29) is 0 Å². The summed E-state index contributed by atoms with van der Waals surface area (Å²) in [5, 5.41) is 0. The lowest BCUT2D eigenvalue weighted by atomic mass is 10.3. The monoisotopic (exact) mass is 244 g/mol. The summed E-state index contributed by atoms with van der Waals surface area (Å²) in [5.74, 6) is 0. The van der Waals surface area contributed by atoms with Gasteiger partial charge in [0.05, 0.1) is 12.8 Å². The molecule has 0 bridgehead atoms. The topological polar surface area (TPSA) is 9.23 Å². The molecule has 0 aliphatic carbocycles. The second-order valence-electron chi connectivity index (χ2n) is 2.39. The Kier molecular flexibility index (Phi) is 4.35. The van der Waals surface area contributed by atoms with Gasteiger partial charge in [-0.05, 0) is 0 Å². The maximum absolute atomic E-state index is 12.2. The Hall–Kier alpha value is -1.02. The second kappa shape index (κ2) is 4.67. The van der Waals surface area contributed by atoms with Crippen LogP contribution in [0.2, 0.25) is 0 Å². The molecule has 0 heterocycles. The fourth-order valence-corrected chi connectivity index (χ4v) is 0.508. The van der Waals surface area contributed by atoms with Crippen molar-refractivity contribution in [2.24, 2.45) is 0 Å². The molecular weight excluding hydrogens is 240 g/mol. The van der Waals surface area contributed by atoms with Crippen molar-refractivity contribution >= 4 is 0 Å². The summed E-state index contributed by atoms with van der Waals surface area (Å²) < 4.78 is 95.8. The van der Waals surface area contributed by atoms with E-state index in [4.69, 9.17) is 0 Å². The fourth-order valence-electron chi connectivity index (χ4n) is 0.508. The second-order valence-corrected chi connectivity index (χ2v) is 2.39. The lowest BCUT2D eigenvalue weighted by Crippen LogP contribution is -2.23. The van der Waals surface area contributed by atoms with Crippen molar-refractivity contribution in [3.05, 3.63) is 12.1 Å². The van der Waals surface area contributed by atoms with Gasteiger partial charge in [0, 0.05) is 0 Å². The minimum absolute atomic E-state index is 1.93. The molecule has 0 aromatic heterocycles. The fraction of sp³-hybridized carbons (Fsp3) is 0.667. The predicted octanol–water partition coefficient (Wildman–Crippen LogP) is 3.97. The molecule has 0 N–H and O–H groups in total. The van der Waals surface area contributed by atoms with Crippen molar-refractivity contribution in [2.45, 2.75) is 25.1 Å². The van der Waals surface area contributed by atoms with E-state index < -0.39 is 37.2 Å². The van der Waals surface area contributed by atoms with Gasteiger partial charge in [-0.15, -0.1) is 0 Å². The summed E-state index contributed by atoms with van der Waals surface area (Å²) >= 11 is 0. The van der Waals surface area contributed by atoms with Crippen LogP contribution in [-0.4, -0.2) is 12.3 Å². The van der Waals surface area contributed by atoms with Crippen molar-refractivity contribution in [2.75, 3.05) is 0 Å². The molecule has 0 unspecified atom stereocenters. The Bertz CT molecular complexity index is 238. The number of halogens is 8. The molecule has 1 nitrogen and oxygen atoms in total. The molecule has 0 fully saturated rings. The lowest BCUT2D eigenvalue weighted by molar-refractivity contribution is -0.248. The molecule has 0 radical (unpaired) electrons. The number of ether oxygens (including phenoxy) is 1. The zero-order chi connectivity index (χ0) is 12.3. The van der Waals surface area contributed by atoms with E-state index in [1.165, 1.54) is 0 Å². The Balaban J connectivity index is 4.26. The number of rotatable bonds is 4. The smallest absolute Gasteiger partial charge is 0.399 e. The van der Waals surface area contributed by atoms with Gasteiger partial charge in [-0.25, -0.2) is 0 Å². The van der Waals surface area contributed by atoms with Crippen LogP contribution < -0.4 is 0 Å². The van der Waals surface area contributed by atoms with E-state index in [1.807, 2.05) is 0 Å². The minimum atomic E-state index is -4.90. The van der Waals surface area contributed by atoms with Gasteiger partial charge < -0.3 is 4.74 Å². The van der Waals surface area contributed by atoms with Crippen molar-refractivity contribution < 1.29 is 39.9 Å². The van der Waals surface area contributed by atoms with Crippen LogP contribution in [0.25, 0.3) is 0 Å². The van der Waals surface area contributed by atoms with Crippen LogP contribution in [-0.2, 0) is 4.74 Å². The molecule has 0 saturated carbocycles. The molecule has 90 valence electrons. The Labute approximate surface area is 78.3 Å². The Morgan fingerprint density at radius 2 is 1.33 bits per heavy atom. The quantitative estimate of drug-likeness (QED) is 0.537. The maximum Gasteiger partial charge on any atom is 0.399 e. The highest BCUT2D eigenvalue weighted by Gasteiger charge is 2.39. The molecule has 0 aliphatic heterocycles. The van der Waals surface area contributed by atoms with Gasteiger partial charge >= 0.3 is 24.4 Å². The van der Waals surface area contributed by atoms with Gasteiger partial charge in [-0.3, -0.25) is 0 Å². The Morgan fingerprint density at radius 1 is 0.867 bits per heavy atom. The standard InChI is InChI=1S/C6H4F8O/c7-3(8)4(9)15-6(13,14)2-1-5(10,11)12/h1-2H2. The van der Waals surface area contributed by atoms with Gasteiger partial charge in [-0.2, -0.15) is 35.1 Å². The average molecular weight is 244 g/mol. The van der Waals surface area contributed by atoms with Crippen molar-refractivity contribution in [3.8, 4) is 0 Å². The highest BCUT2D eigenvalue weighted by Crippen LogP contribution is 2.32. The Morgan fingerprint density at radius 3 is 1.67 bits per heavy atom. The highest BCUT2D eigenvalue weighted by molar-refractivity contribution is 4.82. The minimum Gasteiger partial charge on any atom is -0.402 e. The average Bonchev–Trinajstić information content (AvgIpc) is 1.99. The normalized spacial score (nSPS) is 12.5. The first-order valence-electron chi connectivity index (χ1n) is 3.38. The van der Waals surface area contributed by atoms with Crippen molar-refractivity contribution in [3.63, 3.8) is 0 Å². The van der Waals surface area contributed by atoms with Crippen LogP contribution in [0.5, 0.6) is 0 Å². The maximum atomic E-state index is 12.2. The summed E-state index contributed by atoms with van der Waals surface area (Å²) in [6.07, 6.45) is -16.6. The summed E-state index contributed by atoms with van der Waals surface area (Å²) in [6, 6.07) is -2.89. The first kappa shape index (κ1) is 14.0. The van der Waals surface area contributed by atoms with Gasteiger partial charge in [0.25, 0.3) is 0 Å². The van der Waals surface area contributed by atoms with Crippen molar-refractivity contribution in [1.29, 1.82) is 0 Å². The van der Waals surface area contributed by atoms with Crippen LogP contribution in [0.15, 0.2) is 12.1 Å². The summed E-state index contributed by atoms with van der Waals surface area (Å²) in [7, 11) is 0. The van der Waals surface area contributed by atoms with E-state index in [0.29, 0.717) is 0 Å². The number of alkyl halides is 5. The molecule has 0 atom stereocenters. The van der Waals surface area contributed by atoms with Crippen LogP contribution in [0.3, 0.4) is 0 Å². The molecule has 0 saturated heterocycles. The van der Waals surface area contributed by atoms with Gasteiger partial charge in [0.2, 0.25) is 0 Å². The number of hydrogen-bond acceptors (Lipinski definition) is 1. The number of hydrogen-bond donors (Lipinski definition) is 0. The SMILES string of the molecule is FC(F)=C(F)OC(F)(F)CCC(F)(F)F. The molecule has 0 aromatic rings. The zero-order valence-corrected chi connectivity index (χ0v) is 6.85. The first-order valence-corrected chi connectivity index (χ1v) is 3.38. The third kappa shape index (κ3) is 6.97. The van der Waals surface area contributed by atoms with Crippen LogP contribution in [0.1, 0.15) is 12.8 Å². The van der Waals surface area contributed by atoms with Gasteiger partial charge in [0.1, 0.15) is 0 Å². The third-order valence-corrected chi connectivity index (χ3v) is 1.09. The molecule has 0 rings (SSSR count). The molecule has 0 aliphatic rings. The molecule has 0 spiro atoms. The van der Waals surface area contributed by atoms with E-state index >= 15 is 0 Å². The van der Waals surface area contributed by atoms with Crippen molar-refractivity contribution in [1.82, 2.24) is 0 Å². The summed E-state index contributed by atoms with van der Waals surface area (Å²) in [4.78, 5) is 0. The molecule has 0 amide bonds. The summed E-state index contributed by atoms with van der Waals surface area (Å²) in [6.45, 7) is 0. The highest BCUT2D eigenvalue weighted by atomic mass is 19.4. The van der Waals surface area contributed by atoms with Crippen LogP contribution in [0, 0.1) is 0 Å². The first-order chi connectivity index (χ1) is 6.53. The zero-order valence-electron chi connectivity index (χ0n) is 6.85. The van der Waals surface area contributed by atoms with E-state index in [0.717, 1.165) is 0 Å². The third-order valence-electron chi connectivity index (χ3n) is 1.09. The molecule has 15 heavy (non-hydrogen) atoms. The van der Waals surface area contributed by atoms with Crippen LogP contribution in [0.4, 0.5) is 35.1 Å². The predicted molar refractivity (Wildman–Crippen MR) is 31.7 cm³/mol. The summed E-state index contributed by atoms with van der Waals surface area (Å²) in [5.41, 5.74) is 0.